The van der Waals surface area contributed by atoms with Gasteiger partial charge in [-0.2, -0.15) is 0 Å². The maximum atomic E-state index is 10.5. The van der Waals surface area contributed by atoms with Crippen LogP contribution in [0.3, 0.4) is 0 Å². The van der Waals surface area contributed by atoms with Crippen LogP contribution in [0.1, 0.15) is 0 Å². The SMILES string of the molecule is CN(C)c1ccc(-c2cc(O)cc(-c3ccccc3)c2-c2ccccc2)cc1. The van der Waals surface area contributed by atoms with Gasteiger partial charge in [0, 0.05) is 19.8 Å². The highest BCUT2D eigenvalue weighted by atomic mass is 16.3. The van der Waals surface area contributed by atoms with Gasteiger partial charge in [0.15, 0.2) is 0 Å². The predicted octanol–water partition coefficient (Wildman–Crippen LogP) is 6.46. The van der Waals surface area contributed by atoms with Gasteiger partial charge in [0.2, 0.25) is 0 Å². The van der Waals surface area contributed by atoms with Crippen LogP contribution in [0.2, 0.25) is 0 Å². The van der Waals surface area contributed by atoms with Crippen LogP contribution in [0.4, 0.5) is 5.69 Å². The molecular weight excluding hydrogens is 342 g/mol. The van der Waals surface area contributed by atoms with Crippen molar-refractivity contribution in [2.75, 3.05) is 19.0 Å². The Morgan fingerprint density at radius 2 is 1.04 bits per heavy atom. The van der Waals surface area contributed by atoms with Crippen molar-refractivity contribution in [2.24, 2.45) is 0 Å². The molecule has 0 saturated heterocycles. The fourth-order valence-electron chi connectivity index (χ4n) is 3.55. The van der Waals surface area contributed by atoms with E-state index in [1.807, 2.05) is 50.5 Å². The minimum atomic E-state index is 0.269. The molecule has 0 aliphatic heterocycles. The Labute approximate surface area is 166 Å². The largest absolute Gasteiger partial charge is 0.508 e. The van der Waals surface area contributed by atoms with E-state index in [2.05, 4.69) is 65.6 Å². The monoisotopic (exact) mass is 365 g/mol. The molecule has 0 atom stereocenters. The van der Waals surface area contributed by atoms with Gasteiger partial charge in [-0.05, 0) is 57.6 Å². The quantitative estimate of drug-likeness (QED) is 0.449. The number of nitrogens with zero attached hydrogens (tertiary/aromatic N) is 1. The summed E-state index contributed by atoms with van der Waals surface area (Å²) < 4.78 is 0. The number of anilines is 1. The summed E-state index contributed by atoms with van der Waals surface area (Å²) in [6, 6.07) is 32.8. The number of aromatic hydroxyl groups is 1. The van der Waals surface area contributed by atoms with E-state index in [-0.39, 0.29) is 5.75 Å². The van der Waals surface area contributed by atoms with Crippen molar-refractivity contribution in [3.63, 3.8) is 0 Å². The molecule has 0 radical (unpaired) electrons. The Morgan fingerprint density at radius 1 is 0.571 bits per heavy atom. The summed E-state index contributed by atoms with van der Waals surface area (Å²) >= 11 is 0. The van der Waals surface area contributed by atoms with Crippen LogP contribution in [0.5, 0.6) is 5.75 Å². The van der Waals surface area contributed by atoms with Crippen molar-refractivity contribution in [2.45, 2.75) is 0 Å². The molecule has 1 N–H and O–H groups in total. The van der Waals surface area contributed by atoms with Gasteiger partial charge in [0.05, 0.1) is 0 Å². The molecule has 4 aromatic rings. The van der Waals surface area contributed by atoms with Crippen molar-refractivity contribution >= 4 is 5.69 Å². The Kier molecular flexibility index (Phi) is 4.86. The van der Waals surface area contributed by atoms with Crippen LogP contribution < -0.4 is 4.90 Å². The van der Waals surface area contributed by atoms with Crippen LogP contribution in [-0.4, -0.2) is 19.2 Å². The lowest BCUT2D eigenvalue weighted by atomic mass is 9.87. The molecule has 4 aromatic carbocycles. The Balaban J connectivity index is 1.99. The number of rotatable bonds is 4. The van der Waals surface area contributed by atoms with Crippen LogP contribution in [0, 0.1) is 0 Å². The third-order valence-corrected chi connectivity index (χ3v) is 4.97. The highest BCUT2D eigenvalue weighted by Crippen LogP contribution is 2.42. The maximum absolute atomic E-state index is 10.5. The van der Waals surface area contributed by atoms with E-state index >= 15 is 0 Å². The number of hydrogen-bond acceptors (Lipinski definition) is 2. The van der Waals surface area contributed by atoms with Crippen molar-refractivity contribution in [3.8, 4) is 39.1 Å². The molecular formula is C26H23NO. The topological polar surface area (TPSA) is 23.5 Å². The number of hydrogen-bond donors (Lipinski definition) is 1. The lowest BCUT2D eigenvalue weighted by molar-refractivity contribution is 0.476. The molecule has 0 aliphatic rings. The zero-order chi connectivity index (χ0) is 19.5. The third-order valence-electron chi connectivity index (χ3n) is 4.97. The standard InChI is InChI=1S/C26H23NO/c1-27(2)22-15-13-20(14-16-22)25-18-23(28)17-24(19-9-5-3-6-10-19)26(25)21-11-7-4-8-12-21/h3-18,28H,1-2H3. The maximum Gasteiger partial charge on any atom is 0.116 e. The smallest absolute Gasteiger partial charge is 0.116 e. The Bertz CT molecular complexity index is 1070. The average Bonchev–Trinajstić information content (AvgIpc) is 2.74. The molecule has 28 heavy (non-hydrogen) atoms. The van der Waals surface area contributed by atoms with Gasteiger partial charge in [0.25, 0.3) is 0 Å². The van der Waals surface area contributed by atoms with E-state index in [0.29, 0.717) is 0 Å². The molecule has 0 amide bonds. The van der Waals surface area contributed by atoms with Crippen LogP contribution in [0.25, 0.3) is 33.4 Å². The second-order valence-electron chi connectivity index (χ2n) is 7.09. The first kappa shape index (κ1) is 17.9. The average molecular weight is 365 g/mol. The predicted molar refractivity (Wildman–Crippen MR) is 119 cm³/mol. The summed E-state index contributed by atoms with van der Waals surface area (Å²) in [5.41, 5.74) is 7.62. The van der Waals surface area contributed by atoms with Gasteiger partial charge in [-0.1, -0.05) is 72.8 Å². The summed E-state index contributed by atoms with van der Waals surface area (Å²) in [5, 5.41) is 10.5. The molecule has 0 aliphatic carbocycles. The van der Waals surface area contributed by atoms with E-state index in [9.17, 15) is 5.11 Å². The summed E-state index contributed by atoms with van der Waals surface area (Å²) in [6.45, 7) is 0. The Morgan fingerprint density at radius 3 is 1.54 bits per heavy atom. The van der Waals surface area contributed by atoms with Crippen molar-refractivity contribution < 1.29 is 5.11 Å². The summed E-state index contributed by atoms with van der Waals surface area (Å²) in [6.07, 6.45) is 0. The van der Waals surface area contributed by atoms with E-state index in [0.717, 1.165) is 39.1 Å². The lowest BCUT2D eigenvalue weighted by Gasteiger charge is -2.18. The van der Waals surface area contributed by atoms with E-state index < -0.39 is 0 Å². The molecule has 0 saturated carbocycles. The fourth-order valence-corrected chi connectivity index (χ4v) is 3.55. The number of phenols is 1. The van der Waals surface area contributed by atoms with Crippen molar-refractivity contribution in [3.05, 3.63) is 97.1 Å². The normalized spacial score (nSPS) is 10.6. The minimum Gasteiger partial charge on any atom is -0.508 e. The van der Waals surface area contributed by atoms with E-state index in [1.165, 1.54) is 0 Å². The van der Waals surface area contributed by atoms with Crippen LogP contribution in [0.15, 0.2) is 97.1 Å². The second kappa shape index (κ2) is 7.61. The zero-order valence-electron chi connectivity index (χ0n) is 16.1. The summed E-state index contributed by atoms with van der Waals surface area (Å²) in [5.74, 6) is 0.269. The molecule has 0 bridgehead atoms. The van der Waals surface area contributed by atoms with Crippen molar-refractivity contribution in [1.29, 1.82) is 0 Å². The first-order chi connectivity index (χ1) is 13.6. The van der Waals surface area contributed by atoms with Gasteiger partial charge in [-0.15, -0.1) is 0 Å². The van der Waals surface area contributed by atoms with E-state index in [1.54, 1.807) is 0 Å². The van der Waals surface area contributed by atoms with Gasteiger partial charge >= 0.3 is 0 Å². The Hall–Kier alpha value is -3.52. The highest BCUT2D eigenvalue weighted by Gasteiger charge is 2.16. The lowest BCUT2D eigenvalue weighted by Crippen LogP contribution is -2.07. The van der Waals surface area contributed by atoms with Crippen molar-refractivity contribution in [1.82, 2.24) is 0 Å². The molecule has 0 aromatic heterocycles. The van der Waals surface area contributed by atoms with Gasteiger partial charge in [-0.3, -0.25) is 0 Å². The first-order valence-electron chi connectivity index (χ1n) is 9.39. The molecule has 4 rings (SSSR count). The summed E-state index contributed by atoms with van der Waals surface area (Å²) in [4.78, 5) is 2.08. The molecule has 0 fully saturated rings. The first-order valence-corrected chi connectivity index (χ1v) is 9.39. The molecule has 2 nitrogen and oxygen atoms in total. The van der Waals surface area contributed by atoms with Crippen LogP contribution >= 0.6 is 0 Å². The number of benzene rings is 4. The highest BCUT2D eigenvalue weighted by molar-refractivity contribution is 5.95. The van der Waals surface area contributed by atoms with Gasteiger partial charge in [-0.25, -0.2) is 0 Å². The van der Waals surface area contributed by atoms with Gasteiger partial charge < -0.3 is 10.0 Å². The van der Waals surface area contributed by atoms with Gasteiger partial charge in [0.1, 0.15) is 5.75 Å². The zero-order valence-corrected chi connectivity index (χ0v) is 16.1. The fraction of sp³-hybridized carbons (Fsp3) is 0.0769. The third kappa shape index (κ3) is 3.49. The molecule has 0 spiro atoms. The number of phenolic OH excluding ortho intramolecular Hbond substituents is 1. The molecule has 2 heteroatoms. The van der Waals surface area contributed by atoms with Crippen LogP contribution in [-0.2, 0) is 0 Å². The summed E-state index contributed by atoms with van der Waals surface area (Å²) in [7, 11) is 4.07. The molecule has 0 heterocycles. The molecule has 0 unspecified atom stereocenters. The second-order valence-corrected chi connectivity index (χ2v) is 7.09. The van der Waals surface area contributed by atoms with E-state index in [4.69, 9.17) is 0 Å². The molecule has 138 valence electrons. The minimum absolute atomic E-state index is 0.269.